The van der Waals surface area contributed by atoms with Crippen LogP contribution in [0.5, 0.6) is 5.75 Å². The van der Waals surface area contributed by atoms with Crippen LogP contribution in [0.2, 0.25) is 0 Å². The topological polar surface area (TPSA) is 119 Å². The normalized spacial score (nSPS) is 9.74. The first-order valence-corrected chi connectivity index (χ1v) is 5.37. The Kier molecular flexibility index (Phi) is 4.81. The summed E-state index contributed by atoms with van der Waals surface area (Å²) in [6.07, 6.45) is 0. The van der Waals surface area contributed by atoms with E-state index in [1.807, 2.05) is 0 Å². The van der Waals surface area contributed by atoms with Crippen LogP contribution < -0.4 is 10.1 Å². The fraction of sp³-hybridized carbons (Fsp3) is 0.273. The van der Waals surface area contributed by atoms with Crippen LogP contribution in [0, 0.1) is 10.1 Å². The van der Waals surface area contributed by atoms with E-state index in [1.54, 1.807) is 6.92 Å². The smallest absolute Gasteiger partial charge is 0.339 e. The molecule has 0 aliphatic heterocycles. The van der Waals surface area contributed by atoms with Crippen molar-refractivity contribution in [3.05, 3.63) is 33.9 Å². The molecule has 8 heteroatoms. The molecule has 0 aliphatic carbocycles. The Labute approximate surface area is 108 Å². The molecule has 1 rings (SSSR count). The third-order valence-corrected chi connectivity index (χ3v) is 2.14. The summed E-state index contributed by atoms with van der Waals surface area (Å²) in [5, 5.41) is 22.0. The molecule has 0 bridgehead atoms. The van der Waals surface area contributed by atoms with Crippen LogP contribution in [0.1, 0.15) is 17.3 Å². The molecule has 0 radical (unpaired) electrons. The van der Waals surface area contributed by atoms with Crippen molar-refractivity contribution < 1.29 is 24.4 Å². The largest absolute Gasteiger partial charge is 0.483 e. The van der Waals surface area contributed by atoms with Crippen molar-refractivity contribution in [3.8, 4) is 5.75 Å². The van der Waals surface area contributed by atoms with Crippen LogP contribution >= 0.6 is 0 Å². The number of amides is 1. The maximum atomic E-state index is 11.2. The van der Waals surface area contributed by atoms with Gasteiger partial charge < -0.3 is 15.2 Å². The SMILES string of the molecule is CCNC(=O)COc1ccc([N+](=O)[O-])cc1C(=O)O. The van der Waals surface area contributed by atoms with Gasteiger partial charge in [0.15, 0.2) is 6.61 Å². The number of nitrogens with one attached hydrogen (secondary N) is 1. The zero-order valence-corrected chi connectivity index (χ0v) is 10.1. The van der Waals surface area contributed by atoms with E-state index in [4.69, 9.17) is 9.84 Å². The summed E-state index contributed by atoms with van der Waals surface area (Å²) in [6.45, 7) is 1.80. The molecule has 0 heterocycles. The average molecular weight is 268 g/mol. The third kappa shape index (κ3) is 3.95. The highest BCUT2D eigenvalue weighted by molar-refractivity contribution is 5.92. The minimum Gasteiger partial charge on any atom is -0.483 e. The van der Waals surface area contributed by atoms with Gasteiger partial charge in [0, 0.05) is 18.7 Å². The second kappa shape index (κ2) is 6.34. The van der Waals surface area contributed by atoms with E-state index >= 15 is 0 Å². The van der Waals surface area contributed by atoms with Crippen LogP contribution in [-0.2, 0) is 4.79 Å². The summed E-state index contributed by atoms with van der Waals surface area (Å²) in [6, 6.07) is 3.15. The standard InChI is InChI=1S/C11H12N2O6/c1-2-12-10(14)6-19-9-4-3-7(13(17)18)5-8(9)11(15)16/h3-5H,2,6H2,1H3,(H,12,14)(H,15,16). The number of carbonyl (C=O) groups excluding carboxylic acids is 1. The lowest BCUT2D eigenvalue weighted by Crippen LogP contribution is -2.28. The van der Waals surface area contributed by atoms with Crippen LogP contribution in [-0.4, -0.2) is 35.1 Å². The highest BCUT2D eigenvalue weighted by Crippen LogP contribution is 2.24. The Hall–Kier alpha value is -2.64. The van der Waals surface area contributed by atoms with E-state index in [2.05, 4.69) is 5.32 Å². The molecule has 0 atom stereocenters. The van der Waals surface area contributed by atoms with Gasteiger partial charge in [0.1, 0.15) is 11.3 Å². The highest BCUT2D eigenvalue weighted by Gasteiger charge is 2.17. The number of nitro groups is 1. The van der Waals surface area contributed by atoms with Crippen LogP contribution in [0.25, 0.3) is 0 Å². The highest BCUT2D eigenvalue weighted by atomic mass is 16.6. The molecule has 0 saturated heterocycles. The quantitative estimate of drug-likeness (QED) is 0.582. The monoisotopic (exact) mass is 268 g/mol. The van der Waals surface area contributed by atoms with E-state index in [1.165, 1.54) is 0 Å². The average Bonchev–Trinajstić information content (AvgIpc) is 2.36. The summed E-state index contributed by atoms with van der Waals surface area (Å²) < 4.78 is 5.03. The first-order valence-electron chi connectivity index (χ1n) is 5.37. The van der Waals surface area contributed by atoms with Gasteiger partial charge in [-0.1, -0.05) is 0 Å². The molecule has 0 aliphatic rings. The summed E-state index contributed by atoms with van der Waals surface area (Å²) >= 11 is 0. The number of aromatic carboxylic acids is 1. The number of ether oxygens (including phenoxy) is 1. The number of non-ortho nitro benzene ring substituents is 1. The Balaban J connectivity index is 2.91. The fourth-order valence-corrected chi connectivity index (χ4v) is 1.32. The van der Waals surface area contributed by atoms with Crippen molar-refractivity contribution in [1.82, 2.24) is 5.32 Å². The number of carboxylic acid groups (broad SMARTS) is 1. The van der Waals surface area contributed by atoms with E-state index in [0.29, 0.717) is 6.54 Å². The predicted octanol–water partition coefficient (Wildman–Crippen LogP) is 0.808. The molecule has 0 saturated carbocycles. The Morgan fingerprint density at radius 3 is 2.68 bits per heavy atom. The van der Waals surface area contributed by atoms with Crippen molar-refractivity contribution in [2.45, 2.75) is 6.92 Å². The van der Waals surface area contributed by atoms with E-state index in [9.17, 15) is 19.7 Å². The summed E-state index contributed by atoms with van der Waals surface area (Å²) in [4.78, 5) is 32.0. The molecular formula is C11H12N2O6. The number of hydrogen-bond acceptors (Lipinski definition) is 5. The zero-order chi connectivity index (χ0) is 14.4. The van der Waals surface area contributed by atoms with Crippen molar-refractivity contribution in [3.63, 3.8) is 0 Å². The van der Waals surface area contributed by atoms with Gasteiger partial charge in [0.05, 0.1) is 4.92 Å². The molecule has 0 aromatic heterocycles. The van der Waals surface area contributed by atoms with E-state index < -0.39 is 16.8 Å². The zero-order valence-electron chi connectivity index (χ0n) is 10.1. The van der Waals surface area contributed by atoms with Gasteiger partial charge in [0.2, 0.25) is 0 Å². The Morgan fingerprint density at radius 1 is 1.47 bits per heavy atom. The van der Waals surface area contributed by atoms with Gasteiger partial charge in [-0.2, -0.15) is 0 Å². The molecule has 0 spiro atoms. The minimum absolute atomic E-state index is 0.0932. The number of likely N-dealkylation sites (N-methyl/N-ethyl adjacent to an activating group) is 1. The Bertz CT molecular complexity index is 514. The van der Waals surface area contributed by atoms with Gasteiger partial charge in [-0.15, -0.1) is 0 Å². The summed E-state index contributed by atoms with van der Waals surface area (Å²) in [5.41, 5.74) is -0.721. The third-order valence-electron chi connectivity index (χ3n) is 2.14. The number of nitro benzene ring substituents is 1. The lowest BCUT2D eigenvalue weighted by atomic mass is 10.2. The molecule has 8 nitrogen and oxygen atoms in total. The van der Waals surface area contributed by atoms with E-state index in [-0.39, 0.29) is 23.6 Å². The maximum Gasteiger partial charge on any atom is 0.339 e. The maximum absolute atomic E-state index is 11.2. The van der Waals surface area contributed by atoms with Crippen molar-refractivity contribution in [2.75, 3.05) is 13.2 Å². The molecule has 1 aromatic rings. The second-order valence-electron chi connectivity index (χ2n) is 3.48. The number of hydrogen-bond donors (Lipinski definition) is 2. The van der Waals surface area contributed by atoms with Crippen molar-refractivity contribution in [2.24, 2.45) is 0 Å². The lowest BCUT2D eigenvalue weighted by molar-refractivity contribution is -0.384. The first kappa shape index (κ1) is 14.4. The molecule has 0 fully saturated rings. The number of benzene rings is 1. The predicted molar refractivity (Wildman–Crippen MR) is 64.2 cm³/mol. The van der Waals surface area contributed by atoms with Crippen molar-refractivity contribution >= 4 is 17.6 Å². The van der Waals surface area contributed by atoms with Crippen molar-refractivity contribution in [1.29, 1.82) is 0 Å². The van der Waals surface area contributed by atoms with Gasteiger partial charge >= 0.3 is 5.97 Å². The Morgan fingerprint density at radius 2 is 2.16 bits per heavy atom. The molecule has 2 N–H and O–H groups in total. The summed E-state index contributed by atoms with van der Waals surface area (Å²) in [5.74, 6) is -1.86. The van der Waals surface area contributed by atoms with Crippen LogP contribution in [0.15, 0.2) is 18.2 Å². The van der Waals surface area contributed by atoms with Gasteiger partial charge in [-0.05, 0) is 13.0 Å². The summed E-state index contributed by atoms with van der Waals surface area (Å²) in [7, 11) is 0. The number of carbonyl (C=O) groups is 2. The van der Waals surface area contributed by atoms with Gasteiger partial charge in [0.25, 0.3) is 11.6 Å². The molecule has 1 amide bonds. The molecule has 19 heavy (non-hydrogen) atoms. The molecular weight excluding hydrogens is 256 g/mol. The minimum atomic E-state index is -1.37. The lowest BCUT2D eigenvalue weighted by Gasteiger charge is -2.08. The van der Waals surface area contributed by atoms with Gasteiger partial charge in [-0.3, -0.25) is 14.9 Å². The van der Waals surface area contributed by atoms with Crippen LogP contribution in [0.4, 0.5) is 5.69 Å². The second-order valence-corrected chi connectivity index (χ2v) is 3.48. The molecule has 1 aromatic carbocycles. The van der Waals surface area contributed by atoms with Gasteiger partial charge in [-0.25, -0.2) is 4.79 Å². The van der Waals surface area contributed by atoms with Crippen LogP contribution in [0.3, 0.4) is 0 Å². The molecule has 0 unspecified atom stereocenters. The number of carboxylic acids is 1. The molecule has 102 valence electrons. The number of rotatable bonds is 6. The van der Waals surface area contributed by atoms with E-state index in [0.717, 1.165) is 18.2 Å². The first-order chi connectivity index (χ1) is 8.95. The fourth-order valence-electron chi connectivity index (χ4n) is 1.32. The number of nitrogens with zero attached hydrogens (tertiary/aromatic N) is 1.